The Morgan fingerprint density at radius 2 is 1.63 bits per heavy atom. The van der Waals surface area contributed by atoms with Gasteiger partial charge in [0.2, 0.25) is 17.6 Å². The molecule has 5 atom stereocenters. The van der Waals surface area contributed by atoms with E-state index in [1.165, 1.54) is 4.90 Å². The molecule has 0 unspecified atom stereocenters. The van der Waals surface area contributed by atoms with E-state index >= 15 is 0 Å². The molecule has 1 saturated carbocycles. The maximum atomic E-state index is 13.0. The van der Waals surface area contributed by atoms with Crippen LogP contribution in [0.25, 0.3) is 0 Å². The monoisotopic (exact) mass is 401 g/mol. The number of rotatable bonds is 5. The predicted molar refractivity (Wildman–Crippen MR) is 112 cm³/mol. The normalized spacial score (nSPS) is 27.5. The van der Waals surface area contributed by atoms with Gasteiger partial charge >= 0.3 is 0 Å². The standard InChI is InChI=1S/C25H23NO4/c1-14-6-8-16(9-7-14)23(27)15(2)30-20-5-3-4-19(13-20)26-24(28)21-17-10-11-18(12-17)22(21)25(26)29/h3-11,13,15,17-18,21-22H,12H2,1-2H3/t15-,17-,18-,21+,22+/m0/s1. The molecule has 2 amide bonds. The number of Topliss-reactive ketones (excluding diaryl/α,β-unsaturated/α-hetero) is 1. The molecular weight excluding hydrogens is 378 g/mol. The van der Waals surface area contributed by atoms with Gasteiger partial charge in [0.15, 0.2) is 6.10 Å². The lowest BCUT2D eigenvalue weighted by Gasteiger charge is -2.19. The smallest absolute Gasteiger partial charge is 0.238 e. The van der Waals surface area contributed by atoms with Crippen LogP contribution in [0.1, 0.15) is 29.3 Å². The van der Waals surface area contributed by atoms with Gasteiger partial charge in [0.1, 0.15) is 5.75 Å². The third-order valence-electron chi connectivity index (χ3n) is 6.56. The highest BCUT2D eigenvalue weighted by Gasteiger charge is 2.59. The molecule has 0 aromatic heterocycles. The Hall–Kier alpha value is -3.21. The van der Waals surface area contributed by atoms with Crippen molar-refractivity contribution >= 4 is 23.3 Å². The molecule has 2 fully saturated rings. The minimum absolute atomic E-state index is 0.120. The highest BCUT2D eigenvalue weighted by atomic mass is 16.5. The van der Waals surface area contributed by atoms with E-state index in [0.717, 1.165) is 12.0 Å². The average molecular weight is 401 g/mol. The predicted octanol–water partition coefficient (Wildman–Crippen LogP) is 3.96. The van der Waals surface area contributed by atoms with Crippen LogP contribution in [-0.4, -0.2) is 23.7 Å². The van der Waals surface area contributed by atoms with Crippen molar-refractivity contribution in [2.75, 3.05) is 4.90 Å². The van der Waals surface area contributed by atoms with E-state index < -0.39 is 6.10 Å². The van der Waals surface area contributed by atoms with Gasteiger partial charge < -0.3 is 4.74 Å². The van der Waals surface area contributed by atoms with E-state index in [1.807, 2.05) is 19.1 Å². The highest BCUT2D eigenvalue weighted by Crippen LogP contribution is 2.53. The molecule has 0 N–H and O–H groups in total. The average Bonchev–Trinajstić information content (AvgIpc) is 3.42. The molecule has 5 nitrogen and oxygen atoms in total. The number of fused-ring (bicyclic) bond motifs is 5. The summed E-state index contributed by atoms with van der Waals surface area (Å²) in [4.78, 5) is 40.0. The van der Waals surface area contributed by atoms with Crippen LogP contribution >= 0.6 is 0 Å². The molecule has 0 radical (unpaired) electrons. The Kier molecular flexibility index (Phi) is 4.35. The number of nitrogens with zero attached hydrogens (tertiary/aromatic N) is 1. The van der Waals surface area contributed by atoms with Crippen molar-refractivity contribution in [1.29, 1.82) is 0 Å². The minimum atomic E-state index is -0.688. The van der Waals surface area contributed by atoms with Crippen LogP contribution in [0.15, 0.2) is 60.7 Å². The summed E-state index contributed by atoms with van der Waals surface area (Å²) in [5.74, 6) is -0.0324. The molecule has 0 spiro atoms. The lowest BCUT2D eigenvalue weighted by molar-refractivity contribution is -0.123. The topological polar surface area (TPSA) is 63.7 Å². The summed E-state index contributed by atoms with van der Waals surface area (Å²) in [7, 11) is 0. The summed E-state index contributed by atoms with van der Waals surface area (Å²) in [6, 6.07) is 14.3. The van der Waals surface area contributed by atoms with Gasteiger partial charge in [-0.15, -0.1) is 0 Å². The highest BCUT2D eigenvalue weighted by molar-refractivity contribution is 6.22. The van der Waals surface area contributed by atoms with Crippen LogP contribution in [0.2, 0.25) is 0 Å². The number of anilines is 1. The largest absolute Gasteiger partial charge is 0.482 e. The Labute approximate surface area is 175 Å². The van der Waals surface area contributed by atoms with Crippen molar-refractivity contribution in [2.45, 2.75) is 26.4 Å². The van der Waals surface area contributed by atoms with Crippen LogP contribution in [0.5, 0.6) is 5.75 Å². The number of hydrogen-bond donors (Lipinski definition) is 0. The van der Waals surface area contributed by atoms with Crippen molar-refractivity contribution in [3.63, 3.8) is 0 Å². The second kappa shape index (κ2) is 6.94. The number of hydrogen-bond acceptors (Lipinski definition) is 4. The molecule has 2 aromatic carbocycles. The number of aryl methyl sites for hydroxylation is 1. The molecule has 152 valence electrons. The maximum Gasteiger partial charge on any atom is 0.238 e. The Morgan fingerprint density at radius 3 is 2.27 bits per heavy atom. The van der Waals surface area contributed by atoms with Crippen LogP contribution in [0.3, 0.4) is 0 Å². The summed E-state index contributed by atoms with van der Waals surface area (Å²) < 4.78 is 5.87. The fourth-order valence-electron chi connectivity index (χ4n) is 5.06. The first-order chi connectivity index (χ1) is 14.4. The van der Waals surface area contributed by atoms with E-state index in [1.54, 1.807) is 43.3 Å². The third-order valence-corrected chi connectivity index (χ3v) is 6.56. The number of benzene rings is 2. The first-order valence-corrected chi connectivity index (χ1v) is 10.4. The number of ether oxygens (including phenoxy) is 1. The molecule has 1 aliphatic heterocycles. The van der Waals surface area contributed by atoms with E-state index in [9.17, 15) is 14.4 Å². The van der Waals surface area contributed by atoms with Crippen LogP contribution < -0.4 is 9.64 Å². The second-order valence-corrected chi connectivity index (χ2v) is 8.50. The van der Waals surface area contributed by atoms with Crippen molar-refractivity contribution in [2.24, 2.45) is 23.7 Å². The molecular formula is C25H23NO4. The molecule has 30 heavy (non-hydrogen) atoms. The molecule has 5 rings (SSSR count). The second-order valence-electron chi connectivity index (χ2n) is 8.50. The van der Waals surface area contributed by atoms with E-state index in [-0.39, 0.29) is 41.3 Å². The van der Waals surface area contributed by atoms with Crippen molar-refractivity contribution in [1.82, 2.24) is 0 Å². The molecule has 2 aliphatic carbocycles. The Bertz CT molecular complexity index is 1040. The van der Waals surface area contributed by atoms with Gasteiger partial charge in [0, 0.05) is 11.6 Å². The van der Waals surface area contributed by atoms with Gasteiger partial charge in [0.05, 0.1) is 17.5 Å². The Balaban J connectivity index is 1.35. The van der Waals surface area contributed by atoms with Crippen LogP contribution in [-0.2, 0) is 9.59 Å². The van der Waals surface area contributed by atoms with Crippen molar-refractivity contribution in [3.05, 3.63) is 71.8 Å². The quantitative estimate of drug-likeness (QED) is 0.432. The van der Waals surface area contributed by atoms with Crippen molar-refractivity contribution in [3.8, 4) is 5.75 Å². The van der Waals surface area contributed by atoms with Gasteiger partial charge in [-0.2, -0.15) is 0 Å². The summed E-state index contributed by atoms with van der Waals surface area (Å²) in [6.07, 6.45) is 4.38. The first-order valence-electron chi connectivity index (χ1n) is 10.4. The summed E-state index contributed by atoms with van der Waals surface area (Å²) >= 11 is 0. The maximum absolute atomic E-state index is 13.0. The molecule has 1 heterocycles. The van der Waals surface area contributed by atoms with E-state index in [4.69, 9.17) is 4.74 Å². The molecule has 5 heteroatoms. The van der Waals surface area contributed by atoms with E-state index in [0.29, 0.717) is 17.0 Å². The van der Waals surface area contributed by atoms with Crippen molar-refractivity contribution < 1.29 is 19.1 Å². The van der Waals surface area contributed by atoms with Gasteiger partial charge in [-0.1, -0.05) is 48.0 Å². The minimum Gasteiger partial charge on any atom is -0.482 e. The fourth-order valence-corrected chi connectivity index (χ4v) is 5.06. The summed E-state index contributed by atoms with van der Waals surface area (Å²) in [6.45, 7) is 3.67. The summed E-state index contributed by atoms with van der Waals surface area (Å²) in [5, 5.41) is 0. The summed E-state index contributed by atoms with van der Waals surface area (Å²) in [5.41, 5.74) is 2.18. The van der Waals surface area contributed by atoms with E-state index in [2.05, 4.69) is 12.2 Å². The number of carbonyl (C=O) groups is 3. The molecule has 2 bridgehead atoms. The van der Waals surface area contributed by atoms with Gasteiger partial charge in [-0.25, -0.2) is 4.90 Å². The molecule has 2 aromatic rings. The van der Waals surface area contributed by atoms with Gasteiger partial charge in [0.25, 0.3) is 0 Å². The lowest BCUT2D eigenvalue weighted by atomic mass is 9.85. The zero-order chi connectivity index (χ0) is 21.0. The number of allylic oxidation sites excluding steroid dienone is 2. The number of ketones is 1. The number of amides is 2. The number of carbonyl (C=O) groups excluding carboxylic acids is 3. The SMILES string of the molecule is Cc1ccc(C(=O)[C@H](C)Oc2cccc(N3C(=O)[C@H]4[C@H](C3=O)[C@H]3C=C[C@H]4C3)c2)cc1. The van der Waals surface area contributed by atoms with Gasteiger partial charge in [-0.05, 0) is 44.2 Å². The fraction of sp³-hybridized carbons (Fsp3) is 0.320. The van der Waals surface area contributed by atoms with Crippen LogP contribution in [0, 0.1) is 30.6 Å². The zero-order valence-electron chi connectivity index (χ0n) is 16.9. The Morgan fingerprint density at radius 1 is 1.00 bits per heavy atom. The third kappa shape index (κ3) is 2.88. The lowest BCUT2D eigenvalue weighted by Crippen LogP contribution is -2.33. The zero-order valence-corrected chi connectivity index (χ0v) is 16.9. The van der Waals surface area contributed by atoms with Gasteiger partial charge in [-0.3, -0.25) is 14.4 Å². The number of imide groups is 1. The molecule has 3 aliphatic rings. The molecule has 1 saturated heterocycles. The van der Waals surface area contributed by atoms with Crippen LogP contribution in [0.4, 0.5) is 5.69 Å². The first kappa shape index (κ1) is 18.8.